The van der Waals surface area contributed by atoms with Crippen LogP contribution in [-0.4, -0.2) is 37.3 Å². The lowest BCUT2D eigenvalue weighted by Gasteiger charge is -2.28. The van der Waals surface area contributed by atoms with Crippen LogP contribution in [0.4, 0.5) is 18.0 Å². The summed E-state index contributed by atoms with van der Waals surface area (Å²) < 4.78 is 44.6. The number of nitrogens with zero attached hydrogens (tertiary/aromatic N) is 2. The average Bonchev–Trinajstić information content (AvgIpc) is 2.51. The Bertz CT molecular complexity index is 567. The van der Waals surface area contributed by atoms with Crippen LogP contribution in [0.1, 0.15) is 24.9 Å². The Balaban J connectivity index is 2.95. The summed E-state index contributed by atoms with van der Waals surface area (Å²) in [6.07, 6.45) is -4.62. The van der Waals surface area contributed by atoms with Gasteiger partial charge in [0, 0.05) is 13.1 Å². The first-order chi connectivity index (χ1) is 10.7. The Hall–Kier alpha value is -2.43. The van der Waals surface area contributed by atoms with Gasteiger partial charge in [0.25, 0.3) is 0 Å². The number of carbonyl (C=O) groups excluding carboxylic acids is 1. The Morgan fingerprint density at radius 2 is 1.96 bits per heavy atom. The van der Waals surface area contributed by atoms with Gasteiger partial charge in [-0.1, -0.05) is 12.1 Å². The van der Waals surface area contributed by atoms with Crippen molar-refractivity contribution in [3.8, 4) is 11.8 Å². The first-order valence-corrected chi connectivity index (χ1v) is 6.81. The fourth-order valence-corrected chi connectivity index (χ4v) is 1.85. The summed E-state index contributed by atoms with van der Waals surface area (Å²) in [6.45, 7) is 1.58. The van der Waals surface area contributed by atoms with Gasteiger partial charge < -0.3 is 15.0 Å². The maximum atomic E-state index is 13.2. The van der Waals surface area contributed by atoms with Gasteiger partial charge in [-0.15, -0.1) is 0 Å². The summed E-state index contributed by atoms with van der Waals surface area (Å²) in [7, 11) is 2.75. The molecule has 0 aliphatic rings. The summed E-state index contributed by atoms with van der Waals surface area (Å²) >= 11 is 0. The lowest BCUT2D eigenvalue weighted by molar-refractivity contribution is -0.155. The molecular formula is C15H18F3N3O2. The average molecular weight is 329 g/mol. The van der Waals surface area contributed by atoms with Gasteiger partial charge in [0.1, 0.15) is 5.75 Å². The van der Waals surface area contributed by atoms with E-state index in [9.17, 15) is 18.0 Å². The van der Waals surface area contributed by atoms with Crippen molar-refractivity contribution < 1.29 is 22.7 Å². The normalized spacial score (nSPS) is 13.6. The monoisotopic (exact) mass is 329 g/mol. The molecule has 0 bridgehead atoms. The van der Waals surface area contributed by atoms with E-state index in [1.54, 1.807) is 6.92 Å². The van der Waals surface area contributed by atoms with Crippen LogP contribution in [0, 0.1) is 11.3 Å². The van der Waals surface area contributed by atoms with Crippen molar-refractivity contribution in [1.29, 1.82) is 5.26 Å². The molecule has 0 aliphatic carbocycles. The fourth-order valence-electron chi connectivity index (χ4n) is 1.85. The van der Waals surface area contributed by atoms with Crippen LogP contribution in [0.2, 0.25) is 0 Å². The maximum absolute atomic E-state index is 13.2. The van der Waals surface area contributed by atoms with E-state index in [0.717, 1.165) is 4.90 Å². The van der Waals surface area contributed by atoms with Crippen molar-refractivity contribution in [2.24, 2.45) is 0 Å². The second-order valence-corrected chi connectivity index (χ2v) is 5.02. The number of alkyl halides is 3. The highest BCUT2D eigenvalue weighted by Gasteiger charge is 2.42. The first kappa shape index (κ1) is 18.6. The number of hydrogen-bond donors (Lipinski definition) is 1. The molecule has 0 unspecified atom stereocenters. The molecule has 0 aliphatic heterocycles. The fraction of sp³-hybridized carbons (Fsp3) is 0.467. The Kier molecular flexibility index (Phi) is 6.25. The molecule has 0 aromatic heterocycles. The third-order valence-electron chi connectivity index (χ3n) is 3.41. The molecule has 0 spiro atoms. The summed E-state index contributed by atoms with van der Waals surface area (Å²) in [4.78, 5) is 13.1. The van der Waals surface area contributed by atoms with E-state index in [0.29, 0.717) is 5.75 Å². The summed E-state index contributed by atoms with van der Waals surface area (Å²) in [5.41, 5.74) is -0.104. The predicted molar refractivity (Wildman–Crippen MR) is 77.8 cm³/mol. The number of benzene rings is 1. The predicted octanol–water partition coefficient (Wildman–Crippen LogP) is 3.24. The standard InChI is InChI=1S/C15H18F3N3O2/c1-10(8-9-19)21(2)14(22)20-13(15(16,17)18)11-4-6-12(23-3)7-5-11/h4-7,10,13H,8H2,1-3H3,(H,20,22)/t10-,13-/m1/s1. The number of carbonyl (C=O) groups is 1. The SMILES string of the molecule is COc1ccc([C@@H](NC(=O)N(C)[C@H](C)CC#N)C(F)(F)F)cc1. The number of nitriles is 1. The van der Waals surface area contributed by atoms with Gasteiger partial charge in [-0.2, -0.15) is 18.4 Å². The van der Waals surface area contributed by atoms with Gasteiger partial charge in [0.05, 0.1) is 19.6 Å². The molecule has 0 fully saturated rings. The topological polar surface area (TPSA) is 65.4 Å². The van der Waals surface area contributed by atoms with Gasteiger partial charge in [0.2, 0.25) is 0 Å². The largest absolute Gasteiger partial charge is 0.497 e. The quantitative estimate of drug-likeness (QED) is 0.902. The van der Waals surface area contributed by atoms with E-state index in [2.05, 4.69) is 0 Å². The zero-order valence-electron chi connectivity index (χ0n) is 13.0. The number of urea groups is 1. The van der Waals surface area contributed by atoms with Crippen LogP contribution >= 0.6 is 0 Å². The van der Waals surface area contributed by atoms with E-state index in [-0.39, 0.29) is 12.0 Å². The van der Waals surface area contributed by atoms with Crippen molar-refractivity contribution in [1.82, 2.24) is 10.2 Å². The molecule has 0 saturated heterocycles. The molecule has 1 aromatic rings. The third kappa shape index (κ3) is 5.06. The minimum atomic E-state index is -4.65. The smallest absolute Gasteiger partial charge is 0.412 e. The minimum Gasteiger partial charge on any atom is -0.497 e. The second kappa shape index (κ2) is 7.72. The number of nitrogens with one attached hydrogen (secondary N) is 1. The lowest BCUT2D eigenvalue weighted by atomic mass is 10.1. The summed E-state index contributed by atoms with van der Waals surface area (Å²) in [5, 5.41) is 10.6. The zero-order chi connectivity index (χ0) is 17.6. The second-order valence-electron chi connectivity index (χ2n) is 5.02. The lowest BCUT2D eigenvalue weighted by Crippen LogP contribution is -2.47. The van der Waals surface area contributed by atoms with Crippen molar-refractivity contribution in [2.75, 3.05) is 14.2 Å². The molecule has 5 nitrogen and oxygen atoms in total. The molecule has 2 atom stereocenters. The van der Waals surface area contributed by atoms with Gasteiger partial charge in [0.15, 0.2) is 6.04 Å². The number of methoxy groups -OCH3 is 1. The number of hydrogen-bond acceptors (Lipinski definition) is 3. The number of rotatable bonds is 5. The van der Waals surface area contributed by atoms with Crippen molar-refractivity contribution in [3.05, 3.63) is 29.8 Å². The maximum Gasteiger partial charge on any atom is 0.412 e. The molecule has 1 N–H and O–H groups in total. The molecule has 1 aromatic carbocycles. The van der Waals surface area contributed by atoms with Crippen LogP contribution in [0.5, 0.6) is 5.75 Å². The van der Waals surface area contributed by atoms with E-state index < -0.39 is 24.3 Å². The summed E-state index contributed by atoms with van der Waals surface area (Å²) in [6, 6.07) is 3.61. The Morgan fingerprint density at radius 3 is 2.39 bits per heavy atom. The van der Waals surface area contributed by atoms with Crippen molar-refractivity contribution in [3.63, 3.8) is 0 Å². The van der Waals surface area contributed by atoms with Gasteiger partial charge in [-0.3, -0.25) is 0 Å². The Labute approximate surface area is 132 Å². The van der Waals surface area contributed by atoms with Gasteiger partial charge >= 0.3 is 12.2 Å². The number of halogens is 3. The molecule has 0 radical (unpaired) electrons. The molecular weight excluding hydrogens is 311 g/mol. The number of ether oxygens (including phenoxy) is 1. The van der Waals surface area contributed by atoms with Crippen LogP contribution in [0.15, 0.2) is 24.3 Å². The van der Waals surface area contributed by atoms with Crippen LogP contribution in [0.3, 0.4) is 0 Å². The van der Waals surface area contributed by atoms with Gasteiger partial charge in [-0.25, -0.2) is 4.79 Å². The molecule has 23 heavy (non-hydrogen) atoms. The van der Waals surface area contributed by atoms with Crippen LogP contribution in [0.25, 0.3) is 0 Å². The zero-order valence-corrected chi connectivity index (χ0v) is 13.0. The highest BCUT2D eigenvalue weighted by Crippen LogP contribution is 2.33. The summed E-state index contributed by atoms with van der Waals surface area (Å²) in [5.74, 6) is 0.417. The highest BCUT2D eigenvalue weighted by molar-refractivity contribution is 5.75. The van der Waals surface area contributed by atoms with Crippen LogP contribution in [-0.2, 0) is 0 Å². The Morgan fingerprint density at radius 1 is 1.39 bits per heavy atom. The van der Waals surface area contributed by atoms with Crippen LogP contribution < -0.4 is 10.1 Å². The highest BCUT2D eigenvalue weighted by atomic mass is 19.4. The minimum absolute atomic E-state index is 0.0309. The molecule has 0 saturated carbocycles. The van der Waals surface area contributed by atoms with E-state index in [1.165, 1.54) is 38.4 Å². The molecule has 8 heteroatoms. The van der Waals surface area contributed by atoms with E-state index in [1.807, 2.05) is 11.4 Å². The van der Waals surface area contributed by atoms with E-state index >= 15 is 0 Å². The molecule has 126 valence electrons. The molecule has 2 amide bonds. The first-order valence-electron chi connectivity index (χ1n) is 6.81. The van der Waals surface area contributed by atoms with Crippen molar-refractivity contribution in [2.45, 2.75) is 31.6 Å². The van der Waals surface area contributed by atoms with E-state index in [4.69, 9.17) is 10.00 Å². The van der Waals surface area contributed by atoms with Gasteiger partial charge in [-0.05, 0) is 24.6 Å². The number of amides is 2. The van der Waals surface area contributed by atoms with Crippen molar-refractivity contribution >= 4 is 6.03 Å². The molecule has 0 heterocycles. The molecule has 1 rings (SSSR count). The third-order valence-corrected chi connectivity index (χ3v) is 3.41.